The molecule has 186 valence electrons. The van der Waals surface area contributed by atoms with Gasteiger partial charge in [-0.15, -0.1) is 0 Å². The van der Waals surface area contributed by atoms with Crippen LogP contribution >= 0.6 is 0 Å². The molecular weight excluding hydrogens is 453 g/mol. The average Bonchev–Trinajstić information content (AvgIpc) is 3.23. The molecule has 0 radical (unpaired) electrons. The van der Waals surface area contributed by atoms with Crippen LogP contribution in [0.15, 0.2) is 77.3 Å². The number of halogens is 1. The van der Waals surface area contributed by atoms with Crippen molar-refractivity contribution in [3.63, 3.8) is 0 Å². The Kier molecular flexibility index (Phi) is 8.32. The van der Waals surface area contributed by atoms with Crippen LogP contribution in [0.25, 0.3) is 22.5 Å². The Morgan fingerprint density at radius 3 is 2.31 bits per heavy atom. The normalized spacial score (nSPS) is 11.9. The Labute approximate surface area is 212 Å². The summed E-state index contributed by atoms with van der Waals surface area (Å²) in [6.07, 6.45) is 2.93. The fourth-order valence-corrected chi connectivity index (χ4v) is 4.42. The third kappa shape index (κ3) is 6.48. The van der Waals surface area contributed by atoms with E-state index >= 15 is 0 Å². The van der Waals surface area contributed by atoms with E-state index in [-0.39, 0.29) is 18.2 Å². The predicted molar refractivity (Wildman–Crippen MR) is 140 cm³/mol. The number of esters is 1. The van der Waals surface area contributed by atoms with E-state index in [4.69, 9.17) is 9.26 Å². The highest BCUT2D eigenvalue weighted by Gasteiger charge is 2.18. The van der Waals surface area contributed by atoms with Crippen LogP contribution in [0, 0.1) is 18.7 Å². The van der Waals surface area contributed by atoms with E-state index in [2.05, 4.69) is 36.3 Å². The van der Waals surface area contributed by atoms with E-state index < -0.39 is 0 Å². The van der Waals surface area contributed by atoms with E-state index in [1.54, 1.807) is 12.1 Å². The van der Waals surface area contributed by atoms with Crippen molar-refractivity contribution in [1.29, 1.82) is 0 Å². The maximum absolute atomic E-state index is 13.5. The highest BCUT2D eigenvalue weighted by molar-refractivity contribution is 5.74. The van der Waals surface area contributed by atoms with Gasteiger partial charge in [0.25, 0.3) is 0 Å². The Hall–Kier alpha value is -3.73. The summed E-state index contributed by atoms with van der Waals surface area (Å²) in [5, 5.41) is 4.24. The van der Waals surface area contributed by atoms with Gasteiger partial charge in [0.15, 0.2) is 5.76 Å². The second kappa shape index (κ2) is 11.8. The summed E-state index contributed by atoms with van der Waals surface area (Å²) in [5.41, 5.74) is 7.14. The van der Waals surface area contributed by atoms with Crippen LogP contribution in [-0.4, -0.2) is 17.7 Å². The zero-order valence-corrected chi connectivity index (χ0v) is 21.1. The molecule has 1 heterocycles. The van der Waals surface area contributed by atoms with Crippen molar-refractivity contribution in [2.24, 2.45) is 5.92 Å². The van der Waals surface area contributed by atoms with Gasteiger partial charge in [0.2, 0.25) is 0 Å². The molecule has 0 N–H and O–H groups in total. The van der Waals surface area contributed by atoms with Gasteiger partial charge in [-0.3, -0.25) is 4.79 Å². The second-order valence-corrected chi connectivity index (χ2v) is 9.31. The first-order valence-corrected chi connectivity index (χ1v) is 12.5. The number of aryl methyl sites for hydroxylation is 2. The summed E-state index contributed by atoms with van der Waals surface area (Å²) in [7, 11) is 0. The van der Waals surface area contributed by atoms with Crippen molar-refractivity contribution in [1.82, 2.24) is 5.16 Å². The molecule has 36 heavy (non-hydrogen) atoms. The van der Waals surface area contributed by atoms with Crippen molar-refractivity contribution in [3.05, 3.63) is 101 Å². The van der Waals surface area contributed by atoms with Gasteiger partial charge in [-0.1, -0.05) is 72.7 Å². The first kappa shape index (κ1) is 25.4. The second-order valence-electron chi connectivity index (χ2n) is 9.31. The molecule has 0 aliphatic carbocycles. The van der Waals surface area contributed by atoms with Gasteiger partial charge in [0.1, 0.15) is 5.82 Å². The number of hydrogen-bond donors (Lipinski definition) is 0. The minimum absolute atomic E-state index is 0.187. The number of rotatable bonds is 10. The number of carbonyl (C=O) groups excluding carboxylic acids is 1. The molecular formula is C31H32FNO3. The van der Waals surface area contributed by atoms with Gasteiger partial charge in [-0.25, -0.2) is 4.39 Å². The molecule has 4 aromatic rings. The number of aromatic nitrogens is 1. The minimum Gasteiger partial charge on any atom is -0.466 e. The maximum atomic E-state index is 13.5. The van der Waals surface area contributed by atoms with Crippen molar-refractivity contribution in [2.75, 3.05) is 6.61 Å². The largest absolute Gasteiger partial charge is 0.466 e. The molecule has 0 bridgehead atoms. The zero-order valence-electron chi connectivity index (χ0n) is 21.1. The van der Waals surface area contributed by atoms with E-state index in [1.165, 1.54) is 6.07 Å². The van der Waals surface area contributed by atoms with E-state index in [9.17, 15) is 9.18 Å². The molecule has 4 rings (SSSR count). The Bertz CT molecular complexity index is 1290. The van der Waals surface area contributed by atoms with E-state index in [0.29, 0.717) is 12.5 Å². The molecule has 5 heteroatoms. The lowest BCUT2D eigenvalue weighted by Gasteiger charge is -2.12. The molecule has 1 aromatic heterocycles. The molecule has 0 saturated carbocycles. The number of benzene rings is 3. The van der Waals surface area contributed by atoms with Crippen LogP contribution in [0.5, 0.6) is 0 Å². The third-order valence-electron chi connectivity index (χ3n) is 6.44. The summed E-state index contributed by atoms with van der Waals surface area (Å²) in [6, 6.07) is 23.1. The molecule has 0 aliphatic rings. The lowest BCUT2D eigenvalue weighted by molar-refractivity contribution is -0.142. The number of nitrogens with zero attached hydrogens (tertiary/aromatic N) is 1. The zero-order chi connectivity index (χ0) is 25.5. The summed E-state index contributed by atoms with van der Waals surface area (Å²) in [5.74, 6) is 0.809. The maximum Gasteiger partial charge on any atom is 0.310 e. The van der Waals surface area contributed by atoms with Crippen LogP contribution in [0.3, 0.4) is 0 Å². The van der Waals surface area contributed by atoms with Crippen LogP contribution in [0.1, 0.15) is 42.7 Å². The van der Waals surface area contributed by atoms with Crippen molar-refractivity contribution in [2.45, 2.75) is 46.5 Å². The van der Waals surface area contributed by atoms with E-state index in [0.717, 1.165) is 64.1 Å². The monoisotopic (exact) mass is 485 g/mol. The SMILES string of the molecule is CCOC(=O)Cc1ccc(-c2ccc(-c3onc(C)c3CC(C)CCc3cccc(F)c3)cc2)cc1. The Morgan fingerprint density at radius 2 is 1.64 bits per heavy atom. The molecule has 0 amide bonds. The van der Waals surface area contributed by atoms with Gasteiger partial charge in [0.05, 0.1) is 18.7 Å². The quantitative estimate of drug-likeness (QED) is 0.220. The lowest BCUT2D eigenvalue weighted by atomic mass is 9.92. The average molecular weight is 486 g/mol. The fourth-order valence-electron chi connectivity index (χ4n) is 4.42. The molecule has 3 aromatic carbocycles. The summed E-state index contributed by atoms with van der Waals surface area (Å²) < 4.78 is 24.2. The van der Waals surface area contributed by atoms with Gasteiger partial charge in [-0.2, -0.15) is 0 Å². The van der Waals surface area contributed by atoms with Gasteiger partial charge in [0, 0.05) is 11.1 Å². The number of hydrogen-bond acceptors (Lipinski definition) is 4. The van der Waals surface area contributed by atoms with Crippen molar-refractivity contribution >= 4 is 5.97 Å². The first-order chi connectivity index (χ1) is 17.4. The summed E-state index contributed by atoms with van der Waals surface area (Å²) in [4.78, 5) is 11.7. The minimum atomic E-state index is -0.212. The molecule has 4 nitrogen and oxygen atoms in total. The Balaban J connectivity index is 1.42. The predicted octanol–water partition coefficient (Wildman–Crippen LogP) is 7.37. The summed E-state index contributed by atoms with van der Waals surface area (Å²) >= 11 is 0. The van der Waals surface area contributed by atoms with E-state index in [1.807, 2.05) is 44.2 Å². The fraction of sp³-hybridized carbons (Fsp3) is 0.290. The van der Waals surface area contributed by atoms with Gasteiger partial charge >= 0.3 is 5.97 Å². The highest BCUT2D eigenvalue weighted by Crippen LogP contribution is 2.31. The molecule has 0 fully saturated rings. The Morgan fingerprint density at radius 1 is 0.972 bits per heavy atom. The smallest absolute Gasteiger partial charge is 0.310 e. The van der Waals surface area contributed by atoms with Crippen LogP contribution in [0.2, 0.25) is 0 Å². The van der Waals surface area contributed by atoms with Crippen LogP contribution in [-0.2, 0) is 28.8 Å². The topological polar surface area (TPSA) is 52.3 Å². The molecule has 1 unspecified atom stereocenters. The first-order valence-electron chi connectivity index (χ1n) is 12.5. The standard InChI is InChI=1S/C31H32FNO3/c1-4-35-30(34)20-24-10-12-25(13-11-24)26-14-16-27(17-15-26)31-29(22(3)33-36-31)18-21(2)8-9-23-6-5-7-28(32)19-23/h5-7,10-17,19,21H,4,8-9,18,20H2,1-3H3. The van der Waals surface area contributed by atoms with Crippen molar-refractivity contribution < 1.29 is 18.4 Å². The van der Waals surface area contributed by atoms with Crippen LogP contribution < -0.4 is 0 Å². The number of ether oxygens (including phenoxy) is 1. The molecule has 0 spiro atoms. The third-order valence-corrected chi connectivity index (χ3v) is 6.44. The van der Waals surface area contributed by atoms with Gasteiger partial charge in [-0.05, 0) is 73.4 Å². The molecule has 0 saturated heterocycles. The molecule has 1 atom stereocenters. The molecule has 0 aliphatic heterocycles. The summed E-state index contributed by atoms with van der Waals surface area (Å²) in [6.45, 7) is 6.39. The van der Waals surface area contributed by atoms with Crippen molar-refractivity contribution in [3.8, 4) is 22.5 Å². The lowest BCUT2D eigenvalue weighted by Crippen LogP contribution is -2.07. The van der Waals surface area contributed by atoms with Crippen LogP contribution in [0.4, 0.5) is 4.39 Å². The van der Waals surface area contributed by atoms with Gasteiger partial charge < -0.3 is 9.26 Å². The number of carbonyl (C=O) groups is 1. The highest BCUT2D eigenvalue weighted by atomic mass is 19.1.